The maximum Gasteiger partial charge on any atom is 0.416 e. The third-order valence-corrected chi connectivity index (χ3v) is 5.46. The molecular weight excluding hydrogens is 451 g/mol. The van der Waals surface area contributed by atoms with Crippen LogP contribution in [0, 0.1) is 0 Å². The van der Waals surface area contributed by atoms with Gasteiger partial charge in [-0.25, -0.2) is 9.59 Å². The van der Waals surface area contributed by atoms with Crippen molar-refractivity contribution in [3.63, 3.8) is 0 Å². The number of hydrogen-bond acceptors (Lipinski definition) is 5. The number of aromatic nitrogens is 1. The molecule has 0 unspecified atom stereocenters. The molecule has 3 aromatic rings. The molecule has 0 bridgehead atoms. The summed E-state index contributed by atoms with van der Waals surface area (Å²) in [6, 6.07) is 13.6. The molecule has 0 aliphatic carbocycles. The van der Waals surface area contributed by atoms with Gasteiger partial charge in [0.05, 0.1) is 42.7 Å². The number of carbonyl (C=O) groups excluding carboxylic acids is 2. The van der Waals surface area contributed by atoms with E-state index >= 15 is 0 Å². The lowest BCUT2D eigenvalue weighted by atomic mass is 10.1. The van der Waals surface area contributed by atoms with Gasteiger partial charge in [0.15, 0.2) is 0 Å². The maximum atomic E-state index is 12.6. The van der Waals surface area contributed by atoms with Crippen molar-refractivity contribution < 1.29 is 32.2 Å². The molecule has 1 amide bonds. The van der Waals surface area contributed by atoms with Crippen molar-refractivity contribution in [2.24, 2.45) is 0 Å². The molecule has 0 radical (unpaired) electrons. The number of nitrogens with one attached hydrogen (secondary N) is 1. The number of halogens is 3. The predicted molar refractivity (Wildman–Crippen MR) is 118 cm³/mol. The van der Waals surface area contributed by atoms with Crippen molar-refractivity contribution in [1.82, 2.24) is 9.88 Å². The monoisotopic (exact) mass is 473 g/mol. The van der Waals surface area contributed by atoms with Crippen molar-refractivity contribution in [2.75, 3.05) is 25.1 Å². The Morgan fingerprint density at radius 2 is 1.71 bits per heavy atom. The normalized spacial score (nSPS) is 13.8. The molecule has 2 heterocycles. The molecule has 1 fully saturated rings. The van der Waals surface area contributed by atoms with E-state index in [1.807, 2.05) is 40.1 Å². The number of hydrogen-bond donors (Lipinski definition) is 1. The fourth-order valence-electron chi connectivity index (χ4n) is 3.70. The van der Waals surface area contributed by atoms with E-state index < -0.39 is 23.8 Å². The molecular formula is C24H22F3N3O4. The zero-order valence-electron chi connectivity index (χ0n) is 18.2. The number of rotatable bonds is 6. The van der Waals surface area contributed by atoms with Gasteiger partial charge in [-0.2, -0.15) is 13.2 Å². The molecule has 0 atom stereocenters. The van der Waals surface area contributed by atoms with Gasteiger partial charge in [-0.05, 0) is 42.0 Å². The van der Waals surface area contributed by atoms with Gasteiger partial charge in [0, 0.05) is 18.9 Å². The van der Waals surface area contributed by atoms with Crippen LogP contribution in [-0.4, -0.2) is 42.9 Å². The van der Waals surface area contributed by atoms with Crippen molar-refractivity contribution >= 4 is 17.7 Å². The van der Waals surface area contributed by atoms with Crippen LogP contribution in [-0.2, 0) is 22.2 Å². The Balaban J connectivity index is 1.35. The Morgan fingerprint density at radius 3 is 2.32 bits per heavy atom. The summed E-state index contributed by atoms with van der Waals surface area (Å²) in [7, 11) is 1.32. The molecule has 2 aromatic carbocycles. The fourth-order valence-corrected chi connectivity index (χ4v) is 3.70. The second-order valence-electron chi connectivity index (χ2n) is 7.74. The zero-order chi connectivity index (χ0) is 24.3. The van der Waals surface area contributed by atoms with Crippen LogP contribution in [0.4, 0.5) is 23.7 Å². The summed E-state index contributed by atoms with van der Waals surface area (Å²) in [5.41, 5.74) is 1.66. The summed E-state index contributed by atoms with van der Waals surface area (Å²) < 4.78 is 50.1. The van der Waals surface area contributed by atoms with Crippen LogP contribution in [0.15, 0.2) is 67.0 Å². The molecule has 1 aliphatic rings. The summed E-state index contributed by atoms with van der Waals surface area (Å²) in [6.45, 7) is 0.894. The highest BCUT2D eigenvalue weighted by atomic mass is 19.4. The lowest BCUT2D eigenvalue weighted by Gasteiger charge is -2.41. The van der Waals surface area contributed by atoms with Crippen LogP contribution in [0.1, 0.15) is 21.5 Å². The first-order valence-electron chi connectivity index (χ1n) is 10.5. The second kappa shape index (κ2) is 9.50. The predicted octanol–water partition coefficient (Wildman–Crippen LogP) is 4.40. The minimum Gasteiger partial charge on any atom is -0.465 e. The van der Waals surface area contributed by atoms with Crippen LogP contribution in [0.5, 0.6) is 0 Å². The standard InChI is InChI=1S/C24H22F3N3O4/c1-33-22(31)19-5-4-6-20(21(19)29-11-2-3-12-29)30-14-18(15-30)34-23(32)28-13-16-7-9-17(10-8-16)24(25,26)27/h2-12,18H,13-15H2,1H3,(H,28,32). The van der Waals surface area contributed by atoms with Crippen LogP contribution in [0.3, 0.4) is 0 Å². The number of methoxy groups -OCH3 is 1. The van der Waals surface area contributed by atoms with E-state index in [0.29, 0.717) is 29.9 Å². The molecule has 7 nitrogen and oxygen atoms in total. The van der Waals surface area contributed by atoms with Crippen LogP contribution >= 0.6 is 0 Å². The zero-order valence-corrected chi connectivity index (χ0v) is 18.2. The quantitative estimate of drug-likeness (QED) is 0.538. The molecule has 10 heteroatoms. The number of para-hydroxylation sites is 1. The average Bonchev–Trinajstić information content (AvgIpc) is 3.33. The smallest absolute Gasteiger partial charge is 0.416 e. The van der Waals surface area contributed by atoms with E-state index in [1.165, 1.54) is 19.2 Å². The lowest BCUT2D eigenvalue weighted by molar-refractivity contribution is -0.137. The second-order valence-corrected chi connectivity index (χ2v) is 7.74. The van der Waals surface area contributed by atoms with E-state index in [0.717, 1.165) is 17.8 Å². The molecule has 4 rings (SSSR count). The molecule has 1 saturated heterocycles. The number of esters is 1. The van der Waals surface area contributed by atoms with E-state index in [4.69, 9.17) is 9.47 Å². The summed E-state index contributed by atoms with van der Waals surface area (Å²) in [5.74, 6) is -0.457. The first-order chi connectivity index (χ1) is 16.3. The van der Waals surface area contributed by atoms with Crippen LogP contribution < -0.4 is 10.2 Å². The number of amides is 1. The Kier molecular flexibility index (Phi) is 6.49. The summed E-state index contributed by atoms with van der Waals surface area (Å²) >= 11 is 0. The number of alkyl halides is 3. The molecule has 1 N–H and O–H groups in total. The highest BCUT2D eigenvalue weighted by Gasteiger charge is 2.33. The molecule has 0 spiro atoms. The maximum absolute atomic E-state index is 12.6. The van der Waals surface area contributed by atoms with Crippen molar-refractivity contribution in [1.29, 1.82) is 0 Å². The third kappa shape index (κ3) is 5.00. The van der Waals surface area contributed by atoms with Gasteiger partial charge in [0.2, 0.25) is 0 Å². The van der Waals surface area contributed by atoms with Gasteiger partial charge < -0.3 is 24.3 Å². The number of nitrogens with zero attached hydrogens (tertiary/aromatic N) is 2. The number of anilines is 1. The Morgan fingerprint density at radius 1 is 1.03 bits per heavy atom. The van der Waals surface area contributed by atoms with Gasteiger partial charge in [-0.1, -0.05) is 18.2 Å². The first kappa shape index (κ1) is 23.2. The summed E-state index contributed by atoms with van der Waals surface area (Å²) in [6.07, 6.45) is -1.77. The Hall–Kier alpha value is -3.95. The summed E-state index contributed by atoms with van der Waals surface area (Å²) in [5, 5.41) is 2.55. The molecule has 1 aromatic heterocycles. The van der Waals surface area contributed by atoms with Gasteiger partial charge >= 0.3 is 18.2 Å². The Labute approximate surface area is 193 Å². The third-order valence-electron chi connectivity index (χ3n) is 5.46. The average molecular weight is 473 g/mol. The van der Waals surface area contributed by atoms with E-state index in [9.17, 15) is 22.8 Å². The van der Waals surface area contributed by atoms with E-state index in [1.54, 1.807) is 12.1 Å². The summed E-state index contributed by atoms with van der Waals surface area (Å²) in [4.78, 5) is 26.4. The lowest BCUT2D eigenvalue weighted by Crippen LogP contribution is -2.54. The fraction of sp³-hybridized carbons (Fsp3) is 0.250. The van der Waals surface area contributed by atoms with Gasteiger partial charge in [0.25, 0.3) is 0 Å². The number of benzene rings is 2. The SMILES string of the molecule is COC(=O)c1cccc(N2CC(OC(=O)NCc3ccc(C(F)(F)F)cc3)C2)c1-n1cccc1. The first-order valence-corrected chi connectivity index (χ1v) is 10.5. The number of ether oxygens (including phenoxy) is 2. The molecule has 1 aliphatic heterocycles. The minimum absolute atomic E-state index is 0.0480. The topological polar surface area (TPSA) is 72.8 Å². The van der Waals surface area contributed by atoms with Gasteiger partial charge in [-0.15, -0.1) is 0 Å². The number of carbonyl (C=O) groups is 2. The van der Waals surface area contributed by atoms with Crippen LogP contribution in [0.25, 0.3) is 5.69 Å². The van der Waals surface area contributed by atoms with Crippen molar-refractivity contribution in [3.05, 3.63) is 83.7 Å². The van der Waals surface area contributed by atoms with E-state index in [2.05, 4.69) is 5.32 Å². The van der Waals surface area contributed by atoms with Gasteiger partial charge in [0.1, 0.15) is 6.10 Å². The molecule has 0 saturated carbocycles. The van der Waals surface area contributed by atoms with Gasteiger partial charge in [-0.3, -0.25) is 0 Å². The highest BCUT2D eigenvalue weighted by Crippen LogP contribution is 2.32. The van der Waals surface area contributed by atoms with Crippen LogP contribution in [0.2, 0.25) is 0 Å². The largest absolute Gasteiger partial charge is 0.465 e. The van der Waals surface area contributed by atoms with E-state index in [-0.39, 0.29) is 12.6 Å². The highest BCUT2D eigenvalue weighted by molar-refractivity contribution is 5.96. The Bertz CT molecular complexity index is 1160. The molecule has 34 heavy (non-hydrogen) atoms. The van der Waals surface area contributed by atoms with Crippen molar-refractivity contribution in [3.8, 4) is 5.69 Å². The minimum atomic E-state index is -4.40. The molecule has 178 valence electrons. The van der Waals surface area contributed by atoms with Crippen molar-refractivity contribution in [2.45, 2.75) is 18.8 Å². The number of alkyl carbamates (subject to hydrolysis) is 1.